The van der Waals surface area contributed by atoms with Crippen molar-refractivity contribution in [3.63, 3.8) is 0 Å². The molecule has 3 fully saturated rings. The Morgan fingerprint density at radius 1 is 1.20 bits per heavy atom. The summed E-state index contributed by atoms with van der Waals surface area (Å²) in [6, 6.07) is 12.8. The Morgan fingerprint density at radius 2 is 2.00 bits per heavy atom. The summed E-state index contributed by atoms with van der Waals surface area (Å²) >= 11 is 0. The third kappa shape index (κ3) is 1.84. The Balaban J connectivity index is 1.61. The molecular formula is C17H24N2O. The lowest BCUT2D eigenvalue weighted by Crippen LogP contribution is -2.42. The lowest BCUT2D eigenvalue weighted by atomic mass is 9.80. The first kappa shape index (κ1) is 12.8. The highest BCUT2D eigenvalue weighted by Crippen LogP contribution is 2.47. The van der Waals surface area contributed by atoms with Crippen molar-refractivity contribution >= 4 is 0 Å². The van der Waals surface area contributed by atoms with Gasteiger partial charge in [-0.25, -0.2) is 0 Å². The Bertz CT molecular complexity index is 477. The zero-order valence-electron chi connectivity index (χ0n) is 12.4. The van der Waals surface area contributed by atoms with Crippen molar-refractivity contribution in [2.45, 2.75) is 57.0 Å². The van der Waals surface area contributed by atoms with Crippen LogP contribution in [0, 0.1) is 5.92 Å². The van der Waals surface area contributed by atoms with Crippen molar-refractivity contribution in [3.8, 4) is 0 Å². The second-order valence-corrected chi connectivity index (χ2v) is 6.65. The maximum atomic E-state index is 6.07. The second-order valence-electron chi connectivity index (χ2n) is 6.65. The summed E-state index contributed by atoms with van der Waals surface area (Å²) in [7, 11) is 2.13. The van der Waals surface area contributed by atoms with Crippen LogP contribution in [0.3, 0.4) is 0 Å². The van der Waals surface area contributed by atoms with E-state index in [1.807, 2.05) is 0 Å². The standard InChI is InChI=1S/C17H24N2O/c1-12-17-16-14(9-6-10-15(16)20-18(17)2)19(12)11-13-7-4-3-5-8-13/h3-5,7-8,12,14-17H,6,9-11H2,1-2H3/t12-,14-,15+,16-,17-/m0/s1. The molecule has 4 rings (SSSR count). The first-order chi connectivity index (χ1) is 9.75. The summed E-state index contributed by atoms with van der Waals surface area (Å²) in [5.74, 6) is 0.715. The Labute approximate surface area is 121 Å². The SMILES string of the molecule is C[C@H]1[C@H]2[C@@H]3[C@@H](CCC[C@@H]3N1Cc1ccccc1)ON2C. The molecular weight excluding hydrogens is 248 g/mol. The molecule has 1 aromatic carbocycles. The van der Waals surface area contributed by atoms with Gasteiger partial charge >= 0.3 is 0 Å². The fourth-order valence-corrected chi connectivity index (χ4v) is 4.82. The van der Waals surface area contributed by atoms with E-state index in [1.165, 1.54) is 24.8 Å². The normalized spacial score (nSPS) is 41.0. The zero-order valence-corrected chi connectivity index (χ0v) is 12.4. The molecule has 2 saturated heterocycles. The van der Waals surface area contributed by atoms with Gasteiger partial charge in [-0.05, 0) is 31.7 Å². The molecule has 2 heterocycles. The molecule has 108 valence electrons. The van der Waals surface area contributed by atoms with E-state index in [4.69, 9.17) is 4.84 Å². The van der Waals surface area contributed by atoms with Crippen molar-refractivity contribution in [1.82, 2.24) is 9.96 Å². The minimum absolute atomic E-state index is 0.465. The van der Waals surface area contributed by atoms with Crippen LogP contribution in [0.5, 0.6) is 0 Å². The van der Waals surface area contributed by atoms with Crippen LogP contribution in [0.25, 0.3) is 0 Å². The third-order valence-corrected chi connectivity index (χ3v) is 5.63. The third-order valence-electron chi connectivity index (χ3n) is 5.63. The molecule has 2 aliphatic heterocycles. The monoisotopic (exact) mass is 272 g/mol. The zero-order chi connectivity index (χ0) is 13.7. The minimum Gasteiger partial charge on any atom is -0.295 e. The molecule has 0 unspecified atom stereocenters. The van der Waals surface area contributed by atoms with Gasteiger partial charge in [0.1, 0.15) is 0 Å². The Morgan fingerprint density at radius 3 is 2.80 bits per heavy atom. The first-order valence-corrected chi connectivity index (χ1v) is 7.95. The fourth-order valence-electron chi connectivity index (χ4n) is 4.82. The number of likely N-dealkylation sites (tertiary alicyclic amines) is 1. The molecule has 3 heteroatoms. The van der Waals surface area contributed by atoms with Crippen LogP contribution in [0.1, 0.15) is 31.7 Å². The van der Waals surface area contributed by atoms with Gasteiger partial charge in [0, 0.05) is 31.6 Å². The van der Waals surface area contributed by atoms with E-state index in [0.29, 0.717) is 30.1 Å². The highest BCUT2D eigenvalue weighted by molar-refractivity contribution is 5.17. The molecule has 0 bridgehead atoms. The fraction of sp³-hybridized carbons (Fsp3) is 0.647. The van der Waals surface area contributed by atoms with E-state index < -0.39 is 0 Å². The highest BCUT2D eigenvalue weighted by atomic mass is 16.7. The second kappa shape index (κ2) is 4.83. The molecule has 0 radical (unpaired) electrons. The van der Waals surface area contributed by atoms with E-state index in [1.54, 1.807) is 0 Å². The first-order valence-electron chi connectivity index (χ1n) is 7.95. The molecule has 0 aromatic heterocycles. The quantitative estimate of drug-likeness (QED) is 0.823. The van der Waals surface area contributed by atoms with Crippen LogP contribution in [-0.2, 0) is 11.4 Å². The average Bonchev–Trinajstić information content (AvgIpc) is 2.94. The van der Waals surface area contributed by atoms with Crippen molar-refractivity contribution in [2.75, 3.05) is 7.05 Å². The van der Waals surface area contributed by atoms with Gasteiger partial charge < -0.3 is 0 Å². The maximum absolute atomic E-state index is 6.07. The molecule has 0 N–H and O–H groups in total. The summed E-state index contributed by atoms with van der Waals surface area (Å²) in [6.07, 6.45) is 4.36. The van der Waals surface area contributed by atoms with Crippen molar-refractivity contribution < 1.29 is 4.84 Å². The van der Waals surface area contributed by atoms with Crippen LogP contribution in [0.2, 0.25) is 0 Å². The van der Waals surface area contributed by atoms with Gasteiger partial charge in [0.25, 0.3) is 0 Å². The molecule has 0 amide bonds. The number of likely N-dealkylation sites (N-methyl/N-ethyl adjacent to an activating group) is 1. The van der Waals surface area contributed by atoms with Crippen LogP contribution < -0.4 is 0 Å². The molecule has 1 aliphatic carbocycles. The summed E-state index contributed by atoms with van der Waals surface area (Å²) in [5, 5.41) is 2.16. The molecule has 3 nitrogen and oxygen atoms in total. The largest absolute Gasteiger partial charge is 0.295 e. The van der Waals surface area contributed by atoms with Crippen molar-refractivity contribution in [2.24, 2.45) is 5.92 Å². The minimum atomic E-state index is 0.465. The van der Waals surface area contributed by atoms with Gasteiger partial charge in [-0.2, -0.15) is 5.06 Å². The summed E-state index contributed by atoms with van der Waals surface area (Å²) in [5.41, 5.74) is 1.44. The van der Waals surface area contributed by atoms with Crippen LogP contribution >= 0.6 is 0 Å². The lowest BCUT2D eigenvalue weighted by Gasteiger charge is -2.36. The number of hydrogen-bond donors (Lipinski definition) is 0. The van der Waals surface area contributed by atoms with Gasteiger partial charge in [0.05, 0.1) is 12.1 Å². The number of hydrogen-bond acceptors (Lipinski definition) is 3. The van der Waals surface area contributed by atoms with Gasteiger partial charge in [-0.15, -0.1) is 0 Å². The van der Waals surface area contributed by atoms with Gasteiger partial charge in [-0.3, -0.25) is 9.74 Å². The molecule has 20 heavy (non-hydrogen) atoms. The molecule has 5 atom stereocenters. The van der Waals surface area contributed by atoms with Crippen LogP contribution in [0.4, 0.5) is 0 Å². The number of rotatable bonds is 2. The van der Waals surface area contributed by atoms with Gasteiger partial charge in [0.2, 0.25) is 0 Å². The van der Waals surface area contributed by atoms with E-state index in [0.717, 1.165) is 6.54 Å². The maximum Gasteiger partial charge on any atom is 0.0852 e. The van der Waals surface area contributed by atoms with Crippen molar-refractivity contribution in [1.29, 1.82) is 0 Å². The number of hydroxylamine groups is 2. The summed E-state index contributed by atoms with van der Waals surface area (Å²) < 4.78 is 0. The number of benzene rings is 1. The number of nitrogens with zero attached hydrogens (tertiary/aromatic N) is 2. The van der Waals surface area contributed by atoms with Gasteiger partial charge in [0.15, 0.2) is 0 Å². The summed E-state index contributed by atoms with van der Waals surface area (Å²) in [4.78, 5) is 8.81. The smallest absolute Gasteiger partial charge is 0.0852 e. The van der Waals surface area contributed by atoms with Gasteiger partial charge in [-0.1, -0.05) is 30.3 Å². The predicted molar refractivity (Wildman–Crippen MR) is 79.0 cm³/mol. The molecule has 3 aliphatic rings. The molecule has 1 aromatic rings. The Kier molecular flexibility index (Phi) is 3.09. The highest BCUT2D eigenvalue weighted by Gasteiger charge is 2.57. The van der Waals surface area contributed by atoms with E-state index >= 15 is 0 Å². The van der Waals surface area contributed by atoms with E-state index in [2.05, 4.69) is 54.3 Å². The Hall–Kier alpha value is -0.900. The van der Waals surface area contributed by atoms with E-state index in [-0.39, 0.29) is 0 Å². The van der Waals surface area contributed by atoms with Crippen LogP contribution in [-0.4, -0.2) is 41.2 Å². The molecule has 0 spiro atoms. The lowest BCUT2D eigenvalue weighted by molar-refractivity contribution is -0.163. The topological polar surface area (TPSA) is 15.7 Å². The predicted octanol–water partition coefficient (Wildman–Crippen LogP) is 2.67. The van der Waals surface area contributed by atoms with Crippen molar-refractivity contribution in [3.05, 3.63) is 35.9 Å². The average molecular weight is 272 g/mol. The molecule has 1 saturated carbocycles. The summed E-state index contributed by atoms with van der Waals surface area (Å²) in [6.45, 7) is 3.47. The van der Waals surface area contributed by atoms with E-state index in [9.17, 15) is 0 Å². The van der Waals surface area contributed by atoms with Crippen LogP contribution in [0.15, 0.2) is 30.3 Å².